The SMILES string of the molecule is CC(CC(C)(C)c1ccc(OCc2ccccc2[N+](=O)[O-])c(C(F)F)c1)C(=O)ON1C(=O)CCC1=O. The number of nitrogens with zero attached hydrogens (tertiary/aromatic N) is 2. The molecule has 192 valence electrons. The highest BCUT2D eigenvalue weighted by molar-refractivity contribution is 6.01. The number of rotatable bonds is 10. The normalized spacial score (nSPS) is 14.8. The molecule has 1 saturated heterocycles. The standard InChI is InChI=1S/C25H26F2N2O7/c1-15(24(32)36-28-21(30)10-11-22(28)31)13-25(2,3)17-8-9-20(18(12-17)23(26)27)35-14-16-6-4-5-7-19(16)29(33)34/h4-9,12,15,23H,10-11,13-14H2,1-3H3. The first-order chi connectivity index (χ1) is 16.9. The van der Waals surface area contributed by atoms with Crippen molar-refractivity contribution in [3.8, 4) is 5.75 Å². The Morgan fingerprint density at radius 3 is 2.39 bits per heavy atom. The van der Waals surface area contributed by atoms with Gasteiger partial charge in [-0.05, 0) is 35.6 Å². The Kier molecular flexibility index (Phi) is 8.01. The van der Waals surface area contributed by atoms with E-state index in [1.807, 2.05) is 0 Å². The lowest BCUT2D eigenvalue weighted by Gasteiger charge is -2.29. The van der Waals surface area contributed by atoms with Crippen molar-refractivity contribution in [3.05, 3.63) is 69.3 Å². The zero-order valence-electron chi connectivity index (χ0n) is 20.0. The van der Waals surface area contributed by atoms with Gasteiger partial charge in [-0.15, -0.1) is 5.06 Å². The summed E-state index contributed by atoms with van der Waals surface area (Å²) in [4.78, 5) is 51.4. The molecule has 0 saturated carbocycles. The lowest BCUT2D eigenvalue weighted by atomic mass is 9.77. The Morgan fingerprint density at radius 1 is 1.14 bits per heavy atom. The van der Waals surface area contributed by atoms with E-state index >= 15 is 0 Å². The second kappa shape index (κ2) is 10.8. The van der Waals surface area contributed by atoms with E-state index in [9.17, 15) is 33.3 Å². The zero-order valence-corrected chi connectivity index (χ0v) is 20.0. The van der Waals surface area contributed by atoms with Crippen LogP contribution in [0.4, 0.5) is 14.5 Å². The number of nitro groups is 1. The fourth-order valence-corrected chi connectivity index (χ4v) is 4.04. The minimum absolute atomic E-state index is 0.0194. The molecule has 0 N–H and O–H groups in total. The molecule has 1 unspecified atom stereocenters. The molecule has 0 aliphatic carbocycles. The molecule has 0 aromatic heterocycles. The highest BCUT2D eigenvalue weighted by Crippen LogP contribution is 2.37. The van der Waals surface area contributed by atoms with Crippen LogP contribution < -0.4 is 4.74 Å². The average molecular weight is 504 g/mol. The summed E-state index contributed by atoms with van der Waals surface area (Å²) in [5.41, 5.74) is -0.578. The molecule has 2 amide bonds. The number of alkyl halides is 2. The van der Waals surface area contributed by atoms with E-state index in [0.717, 1.165) is 0 Å². The Bertz CT molecular complexity index is 1170. The van der Waals surface area contributed by atoms with E-state index in [2.05, 4.69) is 0 Å². The van der Waals surface area contributed by atoms with E-state index in [4.69, 9.17) is 9.57 Å². The van der Waals surface area contributed by atoms with Crippen LogP contribution in [0.15, 0.2) is 42.5 Å². The van der Waals surface area contributed by atoms with Gasteiger partial charge in [0.25, 0.3) is 23.9 Å². The lowest BCUT2D eigenvalue weighted by molar-refractivity contribution is -0.385. The predicted molar refractivity (Wildman–Crippen MR) is 123 cm³/mol. The molecule has 1 fully saturated rings. The highest BCUT2D eigenvalue weighted by atomic mass is 19.3. The molecule has 9 nitrogen and oxygen atoms in total. The zero-order chi connectivity index (χ0) is 26.6. The summed E-state index contributed by atoms with van der Waals surface area (Å²) in [6.45, 7) is 4.83. The van der Waals surface area contributed by atoms with Gasteiger partial charge >= 0.3 is 5.97 Å². The third kappa shape index (κ3) is 6.02. The predicted octanol–water partition coefficient (Wildman–Crippen LogP) is 5.02. The molecule has 0 bridgehead atoms. The third-order valence-corrected chi connectivity index (χ3v) is 6.00. The summed E-state index contributed by atoms with van der Waals surface area (Å²) in [6.07, 6.45) is -2.74. The lowest BCUT2D eigenvalue weighted by Crippen LogP contribution is -2.35. The number of hydrogen-bond donors (Lipinski definition) is 0. The maximum Gasteiger partial charge on any atom is 0.336 e. The number of halogens is 2. The van der Waals surface area contributed by atoms with Crippen LogP contribution in [0.5, 0.6) is 5.75 Å². The van der Waals surface area contributed by atoms with Crippen LogP contribution in [0, 0.1) is 16.0 Å². The summed E-state index contributed by atoms with van der Waals surface area (Å²) in [6, 6.07) is 10.1. The van der Waals surface area contributed by atoms with Gasteiger partial charge in [0.1, 0.15) is 12.4 Å². The van der Waals surface area contributed by atoms with Crippen LogP contribution in [0.25, 0.3) is 0 Å². The molecule has 11 heteroatoms. The fraction of sp³-hybridized carbons (Fsp3) is 0.400. The average Bonchev–Trinajstić information content (AvgIpc) is 3.14. The topological polar surface area (TPSA) is 116 Å². The van der Waals surface area contributed by atoms with Gasteiger partial charge in [-0.25, -0.2) is 13.6 Å². The number of benzene rings is 2. The van der Waals surface area contributed by atoms with Crippen LogP contribution in [0.2, 0.25) is 0 Å². The molecule has 0 spiro atoms. The van der Waals surface area contributed by atoms with E-state index in [0.29, 0.717) is 10.6 Å². The van der Waals surface area contributed by atoms with Gasteiger partial charge in [-0.3, -0.25) is 19.7 Å². The number of para-hydroxylation sites is 1. The molecule has 2 aromatic rings. The van der Waals surface area contributed by atoms with Crippen molar-refractivity contribution in [1.82, 2.24) is 5.06 Å². The first-order valence-corrected chi connectivity index (χ1v) is 11.3. The molecule has 1 heterocycles. The number of imide groups is 1. The number of carbonyl (C=O) groups excluding carboxylic acids is 3. The molecule has 36 heavy (non-hydrogen) atoms. The maximum absolute atomic E-state index is 13.9. The van der Waals surface area contributed by atoms with Crippen LogP contribution in [-0.4, -0.2) is 27.8 Å². The maximum atomic E-state index is 13.9. The smallest absolute Gasteiger partial charge is 0.336 e. The van der Waals surface area contributed by atoms with Crippen molar-refractivity contribution in [3.63, 3.8) is 0 Å². The van der Waals surface area contributed by atoms with Crippen molar-refractivity contribution in [1.29, 1.82) is 0 Å². The van der Waals surface area contributed by atoms with Gasteiger partial charge in [-0.1, -0.05) is 39.0 Å². The van der Waals surface area contributed by atoms with Crippen molar-refractivity contribution >= 4 is 23.5 Å². The summed E-state index contributed by atoms with van der Waals surface area (Å²) in [5.74, 6) is -2.80. The monoisotopic (exact) mass is 504 g/mol. The Labute approximate surface area is 206 Å². The summed E-state index contributed by atoms with van der Waals surface area (Å²) < 4.78 is 33.3. The van der Waals surface area contributed by atoms with Crippen LogP contribution >= 0.6 is 0 Å². The van der Waals surface area contributed by atoms with Crippen molar-refractivity contribution in [2.75, 3.05) is 0 Å². The molecular formula is C25H26F2N2O7. The Morgan fingerprint density at radius 2 is 1.78 bits per heavy atom. The summed E-state index contributed by atoms with van der Waals surface area (Å²) in [7, 11) is 0. The van der Waals surface area contributed by atoms with Gasteiger partial charge in [0, 0.05) is 18.9 Å². The van der Waals surface area contributed by atoms with Gasteiger partial charge in [0.15, 0.2) is 0 Å². The second-order valence-corrected chi connectivity index (χ2v) is 9.21. The quantitative estimate of drug-likeness (QED) is 0.253. The van der Waals surface area contributed by atoms with E-state index < -0.39 is 40.5 Å². The largest absolute Gasteiger partial charge is 0.488 e. The van der Waals surface area contributed by atoms with Gasteiger partial charge in [0.05, 0.1) is 22.0 Å². The minimum Gasteiger partial charge on any atom is -0.488 e. The highest BCUT2D eigenvalue weighted by Gasteiger charge is 2.36. The van der Waals surface area contributed by atoms with Crippen molar-refractivity contribution < 1.29 is 37.7 Å². The molecule has 1 aliphatic heterocycles. The fourth-order valence-electron chi connectivity index (χ4n) is 4.04. The van der Waals surface area contributed by atoms with Crippen molar-refractivity contribution in [2.45, 2.75) is 58.5 Å². The first-order valence-electron chi connectivity index (χ1n) is 11.3. The Hall–Kier alpha value is -3.89. The molecular weight excluding hydrogens is 478 g/mol. The number of ether oxygens (including phenoxy) is 1. The van der Waals surface area contributed by atoms with E-state index in [1.165, 1.54) is 30.3 Å². The number of hydrogen-bond acceptors (Lipinski definition) is 7. The number of amides is 2. The summed E-state index contributed by atoms with van der Waals surface area (Å²) >= 11 is 0. The van der Waals surface area contributed by atoms with Crippen molar-refractivity contribution in [2.24, 2.45) is 5.92 Å². The van der Waals surface area contributed by atoms with E-state index in [1.54, 1.807) is 32.9 Å². The second-order valence-electron chi connectivity index (χ2n) is 9.21. The number of nitro benzene ring substituents is 1. The van der Waals surface area contributed by atoms with E-state index in [-0.39, 0.29) is 48.4 Å². The van der Waals surface area contributed by atoms with Gasteiger partial charge < -0.3 is 9.57 Å². The number of hydroxylamine groups is 2. The molecule has 1 aliphatic rings. The number of carbonyl (C=O) groups is 3. The minimum atomic E-state index is -2.88. The van der Waals surface area contributed by atoms with Gasteiger partial charge in [-0.2, -0.15) is 0 Å². The molecule has 1 atom stereocenters. The third-order valence-electron chi connectivity index (χ3n) is 6.00. The molecule has 2 aromatic carbocycles. The Balaban J connectivity index is 1.74. The molecule has 3 rings (SSSR count). The van der Waals surface area contributed by atoms with Crippen LogP contribution in [0.1, 0.15) is 63.1 Å². The molecule has 0 radical (unpaired) electrons. The van der Waals surface area contributed by atoms with Gasteiger partial charge in [0.2, 0.25) is 0 Å². The first kappa shape index (κ1) is 26.7. The summed E-state index contributed by atoms with van der Waals surface area (Å²) in [5, 5.41) is 11.7. The van der Waals surface area contributed by atoms with Crippen LogP contribution in [0.3, 0.4) is 0 Å². The van der Waals surface area contributed by atoms with Crippen LogP contribution in [-0.2, 0) is 31.2 Å².